The van der Waals surface area contributed by atoms with E-state index >= 15 is 0 Å². The van der Waals surface area contributed by atoms with Gasteiger partial charge in [0, 0.05) is 23.3 Å². The molecule has 0 aliphatic heterocycles. The summed E-state index contributed by atoms with van der Waals surface area (Å²) in [4.78, 5) is 46.4. The Bertz CT molecular complexity index is 620. The van der Waals surface area contributed by atoms with Crippen LogP contribution in [0.5, 0.6) is 0 Å². The Hall–Kier alpha value is -1.40. The van der Waals surface area contributed by atoms with Gasteiger partial charge in [-0.2, -0.15) is 0 Å². The largest absolute Gasteiger partial charge is 0.290 e. The second kappa shape index (κ2) is 6.58. The number of hydrogen-bond acceptors (Lipinski definition) is 4. The molecule has 2 rings (SSSR count). The van der Waals surface area contributed by atoms with Crippen LogP contribution in [0.3, 0.4) is 0 Å². The van der Waals surface area contributed by atoms with E-state index in [-0.39, 0.29) is 32.1 Å². The van der Waals surface area contributed by atoms with Crippen molar-refractivity contribution in [2.75, 3.05) is 0 Å². The fourth-order valence-electron chi connectivity index (χ4n) is 2.01. The lowest BCUT2D eigenvalue weighted by atomic mass is 9.94. The van der Waals surface area contributed by atoms with E-state index in [1.54, 1.807) is 0 Å². The number of hydrogen-bond donors (Lipinski definition) is 0. The molecule has 0 heterocycles. The maximum Gasteiger partial charge on any atom is 0.193 e. The Morgan fingerprint density at radius 2 is 1.00 bits per heavy atom. The smallest absolute Gasteiger partial charge is 0.193 e. The summed E-state index contributed by atoms with van der Waals surface area (Å²) in [7, 11) is 0. The Balaban J connectivity index is 1.94. The lowest BCUT2D eigenvalue weighted by Gasteiger charge is -2.11. The van der Waals surface area contributed by atoms with Gasteiger partial charge in [0.2, 0.25) is 0 Å². The van der Waals surface area contributed by atoms with Crippen molar-refractivity contribution in [2.45, 2.75) is 19.3 Å². The van der Waals surface area contributed by atoms with Gasteiger partial charge in [-0.15, -0.1) is 0 Å². The maximum atomic E-state index is 11.7. The summed E-state index contributed by atoms with van der Waals surface area (Å²) in [6, 6.07) is 0. The van der Waals surface area contributed by atoms with E-state index in [1.807, 2.05) is 0 Å². The molecule has 21 heavy (non-hydrogen) atoms. The summed E-state index contributed by atoms with van der Waals surface area (Å²) in [5.41, 5.74) is 0.852. The third kappa shape index (κ3) is 3.83. The van der Waals surface area contributed by atoms with Crippen LogP contribution in [0.25, 0.3) is 0 Å². The highest BCUT2D eigenvalue weighted by Crippen LogP contribution is 2.23. The second-order valence-corrected chi connectivity index (χ2v) is 6.34. The fraction of sp³-hybridized carbons (Fsp3) is 0.200. The molecule has 0 N–H and O–H groups in total. The van der Waals surface area contributed by atoms with E-state index in [0.717, 1.165) is 0 Å². The zero-order chi connectivity index (χ0) is 15.6. The van der Waals surface area contributed by atoms with Crippen LogP contribution in [0.4, 0.5) is 0 Å². The van der Waals surface area contributed by atoms with Crippen molar-refractivity contribution < 1.29 is 19.2 Å². The molecule has 0 radical (unpaired) electrons. The highest BCUT2D eigenvalue weighted by atomic mass is 79.9. The molecular weight excluding hydrogens is 404 g/mol. The number of carbonyl (C=O) groups excluding carboxylic acids is 4. The molecule has 0 aromatic carbocycles. The molecule has 2 aliphatic rings. The zero-order valence-corrected chi connectivity index (χ0v) is 14.0. The van der Waals surface area contributed by atoms with Crippen molar-refractivity contribution in [2.24, 2.45) is 0 Å². The summed E-state index contributed by atoms with van der Waals surface area (Å²) in [5, 5.41) is 0. The standard InChI is InChI=1S/C15H10Br2O4/c16-10-6-12(18)8(4-14(10)20)2-1-3-9-5-15(21)11(17)7-13(9)19/h4-7H,1-3H2. The third-order valence-electron chi connectivity index (χ3n) is 3.12. The maximum absolute atomic E-state index is 11.7. The number of rotatable bonds is 4. The van der Waals surface area contributed by atoms with E-state index in [1.165, 1.54) is 24.3 Å². The Morgan fingerprint density at radius 3 is 1.38 bits per heavy atom. The first kappa shape index (κ1) is 16.0. The van der Waals surface area contributed by atoms with Gasteiger partial charge in [0.1, 0.15) is 0 Å². The van der Waals surface area contributed by atoms with Crippen LogP contribution in [0.1, 0.15) is 19.3 Å². The molecule has 0 aromatic heterocycles. The summed E-state index contributed by atoms with van der Waals surface area (Å²) in [6.45, 7) is 0. The number of carbonyl (C=O) groups is 4. The number of halogens is 2. The average molecular weight is 414 g/mol. The molecule has 6 heteroatoms. The highest BCUT2D eigenvalue weighted by Gasteiger charge is 2.20. The lowest BCUT2D eigenvalue weighted by molar-refractivity contribution is -0.115. The van der Waals surface area contributed by atoms with Gasteiger partial charge < -0.3 is 0 Å². The SMILES string of the molecule is O=C1C=C(CCCC2=CC(=O)C(Br)=CC2=O)C(=O)C=C1Br. The molecule has 0 saturated heterocycles. The molecule has 0 unspecified atom stereocenters. The van der Waals surface area contributed by atoms with Gasteiger partial charge in [-0.3, -0.25) is 19.2 Å². The van der Waals surface area contributed by atoms with Crippen LogP contribution >= 0.6 is 31.9 Å². The first-order chi connectivity index (χ1) is 9.88. The average Bonchev–Trinajstić information content (AvgIpc) is 2.41. The van der Waals surface area contributed by atoms with Gasteiger partial charge in [-0.1, -0.05) is 0 Å². The molecule has 0 saturated carbocycles. The lowest BCUT2D eigenvalue weighted by Crippen LogP contribution is -2.12. The monoisotopic (exact) mass is 412 g/mol. The van der Waals surface area contributed by atoms with E-state index in [4.69, 9.17) is 0 Å². The van der Waals surface area contributed by atoms with Crippen LogP contribution in [-0.4, -0.2) is 23.1 Å². The summed E-state index contributed by atoms with van der Waals surface area (Å²) in [5.74, 6) is -0.882. The normalized spacial score (nSPS) is 19.1. The Kier molecular flexibility index (Phi) is 5.00. The summed E-state index contributed by atoms with van der Waals surface area (Å²) < 4.78 is 0.504. The van der Waals surface area contributed by atoms with Crippen LogP contribution in [-0.2, 0) is 19.2 Å². The predicted octanol–water partition coefficient (Wildman–Crippen LogP) is 2.87. The van der Waals surface area contributed by atoms with Gasteiger partial charge in [-0.25, -0.2) is 0 Å². The third-order valence-corrected chi connectivity index (χ3v) is 4.36. The van der Waals surface area contributed by atoms with Crippen molar-refractivity contribution in [1.29, 1.82) is 0 Å². The minimum absolute atomic E-state index is 0.204. The number of ketones is 4. The Morgan fingerprint density at radius 1 is 0.619 bits per heavy atom. The van der Waals surface area contributed by atoms with Crippen LogP contribution in [0.2, 0.25) is 0 Å². The van der Waals surface area contributed by atoms with E-state index in [9.17, 15) is 19.2 Å². The zero-order valence-electron chi connectivity index (χ0n) is 10.8. The van der Waals surface area contributed by atoms with Crippen molar-refractivity contribution in [3.63, 3.8) is 0 Å². The predicted molar refractivity (Wildman–Crippen MR) is 84.1 cm³/mol. The quantitative estimate of drug-likeness (QED) is 0.664. The van der Waals surface area contributed by atoms with E-state index in [2.05, 4.69) is 31.9 Å². The van der Waals surface area contributed by atoms with Crippen LogP contribution in [0, 0.1) is 0 Å². The van der Waals surface area contributed by atoms with Gasteiger partial charge >= 0.3 is 0 Å². The second-order valence-electron chi connectivity index (χ2n) is 4.63. The highest BCUT2D eigenvalue weighted by molar-refractivity contribution is 9.12. The first-order valence-corrected chi connectivity index (χ1v) is 7.80. The van der Waals surface area contributed by atoms with Crippen LogP contribution in [0.15, 0.2) is 44.4 Å². The molecule has 0 aromatic rings. The molecule has 4 nitrogen and oxygen atoms in total. The summed E-state index contributed by atoms with van der Waals surface area (Å²) >= 11 is 6.03. The van der Waals surface area contributed by atoms with Gasteiger partial charge in [0.05, 0.1) is 8.96 Å². The van der Waals surface area contributed by atoms with Gasteiger partial charge in [-0.05, 0) is 63.3 Å². The molecule has 108 valence electrons. The van der Waals surface area contributed by atoms with Crippen molar-refractivity contribution in [3.8, 4) is 0 Å². The molecule has 0 bridgehead atoms. The topological polar surface area (TPSA) is 68.3 Å². The molecular formula is C15H10Br2O4. The first-order valence-electron chi connectivity index (χ1n) is 6.21. The Labute approximate surface area is 137 Å². The molecule has 0 spiro atoms. The van der Waals surface area contributed by atoms with Crippen molar-refractivity contribution in [3.05, 3.63) is 44.4 Å². The van der Waals surface area contributed by atoms with Crippen molar-refractivity contribution >= 4 is 55.0 Å². The summed E-state index contributed by atoms with van der Waals surface area (Å²) in [6.07, 6.45) is 6.44. The van der Waals surface area contributed by atoms with Gasteiger partial charge in [0.25, 0.3) is 0 Å². The van der Waals surface area contributed by atoms with E-state index < -0.39 is 0 Å². The minimum atomic E-state index is -0.236. The van der Waals surface area contributed by atoms with Crippen molar-refractivity contribution in [1.82, 2.24) is 0 Å². The minimum Gasteiger partial charge on any atom is -0.290 e. The molecule has 0 atom stereocenters. The van der Waals surface area contributed by atoms with E-state index in [0.29, 0.717) is 30.4 Å². The molecule has 0 amide bonds. The number of allylic oxidation sites excluding steroid dienone is 8. The molecule has 0 fully saturated rings. The van der Waals surface area contributed by atoms with Crippen LogP contribution < -0.4 is 0 Å². The fourth-order valence-corrected chi connectivity index (χ4v) is 2.66. The van der Waals surface area contributed by atoms with Gasteiger partial charge in [0.15, 0.2) is 23.1 Å². The molecule has 2 aliphatic carbocycles.